The summed E-state index contributed by atoms with van der Waals surface area (Å²) in [5.41, 5.74) is 3.96. The Morgan fingerprint density at radius 1 is 0.967 bits per heavy atom. The smallest absolute Gasteiger partial charge is 0.339 e. The largest absolute Gasteiger partial charge is 0.483 e. The molecule has 0 aliphatic rings. The zero-order valence-corrected chi connectivity index (χ0v) is 17.0. The minimum Gasteiger partial charge on any atom is -0.483 e. The minimum atomic E-state index is -3.89. The van der Waals surface area contributed by atoms with Crippen molar-refractivity contribution in [1.29, 1.82) is 0 Å². The first-order valence-electron chi connectivity index (χ1n) is 9.04. The van der Waals surface area contributed by atoms with Crippen LogP contribution in [0, 0.1) is 6.92 Å². The molecule has 1 N–H and O–H groups in total. The molecule has 1 amide bonds. The van der Waals surface area contributed by atoms with Gasteiger partial charge in [0.25, 0.3) is 5.91 Å². The summed E-state index contributed by atoms with van der Waals surface area (Å²) in [5, 5.41) is 3.86. The van der Waals surface area contributed by atoms with Crippen molar-refractivity contribution >= 4 is 22.2 Å². The summed E-state index contributed by atoms with van der Waals surface area (Å²) >= 11 is 0. The van der Waals surface area contributed by atoms with Crippen LogP contribution in [0.5, 0.6) is 11.5 Å². The molecule has 0 radical (unpaired) electrons. The highest BCUT2D eigenvalue weighted by Gasteiger charge is 2.15. The first kappa shape index (κ1) is 21.1. The van der Waals surface area contributed by atoms with Crippen LogP contribution in [0.25, 0.3) is 0 Å². The van der Waals surface area contributed by atoms with Crippen molar-refractivity contribution < 1.29 is 22.1 Å². The van der Waals surface area contributed by atoms with Gasteiger partial charge in [0.05, 0.1) is 6.21 Å². The van der Waals surface area contributed by atoms with E-state index in [2.05, 4.69) is 10.5 Å². The molecule has 0 spiro atoms. The Balaban J connectivity index is 1.51. The first-order chi connectivity index (χ1) is 14.4. The van der Waals surface area contributed by atoms with Crippen molar-refractivity contribution in [2.45, 2.75) is 11.8 Å². The average molecular weight is 424 g/mol. The third kappa shape index (κ3) is 5.92. The van der Waals surface area contributed by atoms with Gasteiger partial charge in [-0.2, -0.15) is 13.5 Å². The molecule has 30 heavy (non-hydrogen) atoms. The lowest BCUT2D eigenvalue weighted by Crippen LogP contribution is -2.24. The van der Waals surface area contributed by atoms with E-state index in [0.717, 1.165) is 5.56 Å². The summed E-state index contributed by atoms with van der Waals surface area (Å²) < 4.78 is 35.0. The first-order valence-corrected chi connectivity index (χ1v) is 10.4. The highest BCUT2D eigenvalue weighted by atomic mass is 32.2. The fraction of sp³-hybridized carbons (Fsp3) is 0.0909. The van der Waals surface area contributed by atoms with Crippen molar-refractivity contribution in [1.82, 2.24) is 5.43 Å². The van der Waals surface area contributed by atoms with E-state index in [9.17, 15) is 13.2 Å². The maximum atomic E-state index is 12.2. The Morgan fingerprint density at radius 2 is 1.63 bits per heavy atom. The molecular formula is C22H20N2O5S. The minimum absolute atomic E-state index is 0.0752. The monoisotopic (exact) mass is 424 g/mol. The number of benzene rings is 3. The second-order valence-corrected chi connectivity index (χ2v) is 7.81. The number of hydrogen-bond donors (Lipinski definition) is 1. The lowest BCUT2D eigenvalue weighted by atomic mass is 10.2. The molecule has 154 valence electrons. The number of para-hydroxylation sites is 1. The van der Waals surface area contributed by atoms with Crippen molar-refractivity contribution in [3.05, 3.63) is 90.0 Å². The quantitative estimate of drug-likeness (QED) is 0.340. The summed E-state index contributed by atoms with van der Waals surface area (Å²) in [7, 11) is -3.89. The zero-order valence-electron chi connectivity index (χ0n) is 16.2. The number of rotatable bonds is 8. The van der Waals surface area contributed by atoms with E-state index < -0.39 is 16.0 Å². The Hall–Kier alpha value is -3.65. The summed E-state index contributed by atoms with van der Waals surface area (Å²) in [6.45, 7) is 1.73. The van der Waals surface area contributed by atoms with Crippen LogP contribution < -0.4 is 14.3 Å². The van der Waals surface area contributed by atoms with Crippen LogP contribution in [-0.4, -0.2) is 27.1 Å². The van der Waals surface area contributed by atoms with Crippen LogP contribution in [0.3, 0.4) is 0 Å². The molecule has 0 saturated heterocycles. The number of amides is 1. The fourth-order valence-corrected chi connectivity index (χ4v) is 3.40. The predicted octanol–water partition coefficient (Wildman–Crippen LogP) is 3.29. The highest BCUT2D eigenvalue weighted by Crippen LogP contribution is 2.18. The molecule has 3 aromatic rings. The van der Waals surface area contributed by atoms with Crippen LogP contribution >= 0.6 is 0 Å². The van der Waals surface area contributed by atoms with E-state index in [1.165, 1.54) is 30.5 Å². The van der Waals surface area contributed by atoms with Gasteiger partial charge in [-0.1, -0.05) is 36.4 Å². The van der Waals surface area contributed by atoms with Crippen LogP contribution in [0.15, 0.2) is 88.9 Å². The van der Waals surface area contributed by atoms with Gasteiger partial charge in [-0.15, -0.1) is 0 Å². The van der Waals surface area contributed by atoms with Crippen LogP contribution in [0.2, 0.25) is 0 Å². The molecule has 0 fully saturated rings. The maximum Gasteiger partial charge on any atom is 0.339 e. The fourth-order valence-electron chi connectivity index (χ4n) is 2.44. The molecular weight excluding hydrogens is 404 g/mol. The van der Waals surface area contributed by atoms with Crippen molar-refractivity contribution in [3.8, 4) is 11.5 Å². The lowest BCUT2D eigenvalue weighted by Gasteiger charge is -2.07. The zero-order chi connectivity index (χ0) is 21.4. The third-order valence-corrected chi connectivity index (χ3v) is 5.23. The molecule has 0 aromatic heterocycles. The van der Waals surface area contributed by atoms with E-state index in [1.807, 2.05) is 25.1 Å². The molecule has 0 atom stereocenters. The maximum absolute atomic E-state index is 12.2. The van der Waals surface area contributed by atoms with Gasteiger partial charge in [0.15, 0.2) is 6.61 Å². The summed E-state index contributed by atoms with van der Waals surface area (Å²) in [6.07, 6.45) is 1.43. The molecule has 0 saturated carbocycles. The summed E-state index contributed by atoms with van der Waals surface area (Å²) in [5.74, 6) is 0.410. The molecule has 3 rings (SSSR count). The molecule has 0 aliphatic heterocycles. The van der Waals surface area contributed by atoms with Gasteiger partial charge in [0.2, 0.25) is 0 Å². The van der Waals surface area contributed by atoms with E-state index >= 15 is 0 Å². The molecule has 3 aromatic carbocycles. The number of ether oxygens (including phenoxy) is 1. The normalized spacial score (nSPS) is 11.2. The Labute approximate surface area is 175 Å². The van der Waals surface area contributed by atoms with E-state index in [-0.39, 0.29) is 17.3 Å². The van der Waals surface area contributed by atoms with E-state index in [1.54, 1.807) is 36.4 Å². The van der Waals surface area contributed by atoms with Crippen molar-refractivity contribution in [2.75, 3.05) is 6.61 Å². The summed E-state index contributed by atoms with van der Waals surface area (Å²) in [6, 6.07) is 21.5. The molecule has 0 aliphatic carbocycles. The molecule has 0 bridgehead atoms. The van der Waals surface area contributed by atoms with Crippen LogP contribution in [0.4, 0.5) is 0 Å². The van der Waals surface area contributed by atoms with Gasteiger partial charge in [0, 0.05) is 0 Å². The van der Waals surface area contributed by atoms with Gasteiger partial charge in [-0.25, -0.2) is 5.43 Å². The van der Waals surface area contributed by atoms with Gasteiger partial charge in [0.1, 0.15) is 16.4 Å². The number of carbonyl (C=O) groups excluding carboxylic acids is 1. The Kier molecular flexibility index (Phi) is 6.82. The van der Waals surface area contributed by atoms with Crippen molar-refractivity contribution in [2.24, 2.45) is 5.10 Å². The van der Waals surface area contributed by atoms with E-state index in [4.69, 9.17) is 8.92 Å². The van der Waals surface area contributed by atoms with Gasteiger partial charge >= 0.3 is 10.1 Å². The highest BCUT2D eigenvalue weighted by molar-refractivity contribution is 7.87. The number of carbonyl (C=O) groups is 1. The summed E-state index contributed by atoms with van der Waals surface area (Å²) in [4.78, 5) is 11.9. The number of hydrazone groups is 1. The lowest BCUT2D eigenvalue weighted by molar-refractivity contribution is -0.123. The Morgan fingerprint density at radius 3 is 2.33 bits per heavy atom. The SMILES string of the molecule is Cc1ccccc1OCC(=O)N/N=C\c1ccc(OS(=O)(=O)c2ccccc2)cc1. The van der Waals surface area contributed by atoms with E-state index in [0.29, 0.717) is 11.3 Å². The number of nitrogens with zero attached hydrogens (tertiary/aromatic N) is 1. The van der Waals surface area contributed by atoms with Crippen LogP contribution in [-0.2, 0) is 14.9 Å². The van der Waals surface area contributed by atoms with Crippen molar-refractivity contribution in [3.63, 3.8) is 0 Å². The Bertz CT molecular complexity index is 1130. The molecule has 8 heteroatoms. The molecule has 0 unspecified atom stereocenters. The standard InChI is InChI=1S/C22H20N2O5S/c1-17-7-5-6-10-21(17)28-16-22(25)24-23-15-18-11-13-19(14-12-18)29-30(26,27)20-8-3-2-4-9-20/h2-15H,16H2,1H3,(H,24,25)/b23-15-. The average Bonchev–Trinajstić information content (AvgIpc) is 2.75. The topological polar surface area (TPSA) is 94.1 Å². The number of hydrogen-bond acceptors (Lipinski definition) is 6. The third-order valence-electron chi connectivity index (χ3n) is 3.97. The number of aryl methyl sites for hydroxylation is 1. The molecule has 0 heterocycles. The van der Waals surface area contributed by atoms with Gasteiger partial charge in [-0.05, 0) is 60.5 Å². The molecule has 7 nitrogen and oxygen atoms in total. The van der Waals surface area contributed by atoms with Gasteiger partial charge in [-0.3, -0.25) is 4.79 Å². The second kappa shape index (κ2) is 9.71. The second-order valence-electron chi connectivity index (χ2n) is 6.27. The predicted molar refractivity (Wildman–Crippen MR) is 113 cm³/mol. The van der Waals surface area contributed by atoms with Crippen LogP contribution in [0.1, 0.15) is 11.1 Å². The van der Waals surface area contributed by atoms with Gasteiger partial charge < -0.3 is 8.92 Å². The number of nitrogens with one attached hydrogen (secondary N) is 1.